The van der Waals surface area contributed by atoms with Crippen LogP contribution in [0.1, 0.15) is 25.3 Å². The molecule has 0 saturated heterocycles. The number of nitrogens with one attached hydrogen (secondary N) is 2. The van der Waals surface area contributed by atoms with Crippen LogP contribution in [-0.4, -0.2) is 27.9 Å². The Balaban J connectivity index is 2.17. The van der Waals surface area contributed by atoms with Crippen LogP contribution in [0, 0.1) is 21.4 Å². The second-order valence-electron chi connectivity index (χ2n) is 4.57. The van der Waals surface area contributed by atoms with Gasteiger partial charge in [-0.05, 0) is 25.8 Å². The number of amides is 1. The zero-order valence-corrected chi connectivity index (χ0v) is 10.8. The minimum absolute atomic E-state index is 0.0764. The molecule has 1 aromatic rings. The Bertz CT molecular complexity index is 591. The van der Waals surface area contributed by atoms with E-state index in [-0.39, 0.29) is 23.3 Å². The van der Waals surface area contributed by atoms with E-state index in [9.17, 15) is 14.9 Å². The molecular weight excluding hydrogens is 262 g/mol. The van der Waals surface area contributed by atoms with Crippen LogP contribution in [0.4, 0.5) is 11.5 Å². The van der Waals surface area contributed by atoms with E-state index in [2.05, 4.69) is 15.6 Å². The number of hydrogen-bond acceptors (Lipinski definition) is 6. The van der Waals surface area contributed by atoms with Gasteiger partial charge in [0.1, 0.15) is 17.7 Å². The van der Waals surface area contributed by atoms with E-state index in [1.165, 1.54) is 12.3 Å². The molecule has 0 spiro atoms. The van der Waals surface area contributed by atoms with Crippen LogP contribution >= 0.6 is 0 Å². The summed E-state index contributed by atoms with van der Waals surface area (Å²) in [5.41, 5.74) is -0.511. The first-order chi connectivity index (χ1) is 9.52. The number of aromatic nitrogens is 1. The van der Waals surface area contributed by atoms with Crippen LogP contribution in [0.2, 0.25) is 0 Å². The quantitative estimate of drug-likeness (QED) is 0.609. The first-order valence-electron chi connectivity index (χ1n) is 6.13. The molecule has 1 heterocycles. The predicted octanol–water partition coefficient (Wildman–Crippen LogP) is 0.940. The SMILES string of the molecule is CC(Nc1nccc(C#N)c1[N+](=O)[O-])C(=O)NC1CC1. The van der Waals surface area contributed by atoms with Crippen LogP contribution in [0.15, 0.2) is 12.3 Å². The standard InChI is InChI=1S/C12H13N5O3/c1-7(12(18)16-9-2-3-9)15-11-10(17(19)20)8(6-13)4-5-14-11/h4-5,7,9H,2-3H2,1H3,(H,14,15)(H,16,18). The normalized spacial score (nSPS) is 15.0. The van der Waals surface area contributed by atoms with E-state index >= 15 is 0 Å². The molecule has 1 aromatic heterocycles. The molecule has 20 heavy (non-hydrogen) atoms. The van der Waals surface area contributed by atoms with Gasteiger partial charge in [-0.15, -0.1) is 0 Å². The first-order valence-corrected chi connectivity index (χ1v) is 6.13. The summed E-state index contributed by atoms with van der Waals surface area (Å²) in [7, 11) is 0. The first kappa shape index (κ1) is 13.7. The average Bonchev–Trinajstić information content (AvgIpc) is 3.21. The third-order valence-electron chi connectivity index (χ3n) is 2.90. The number of anilines is 1. The molecule has 8 nitrogen and oxygen atoms in total. The second kappa shape index (κ2) is 5.52. The van der Waals surface area contributed by atoms with Gasteiger partial charge in [0, 0.05) is 12.2 Å². The number of pyridine rings is 1. The fourth-order valence-corrected chi connectivity index (χ4v) is 1.66. The van der Waals surface area contributed by atoms with Gasteiger partial charge in [0.25, 0.3) is 0 Å². The number of nitrogens with zero attached hydrogens (tertiary/aromatic N) is 3. The molecule has 0 radical (unpaired) electrons. The zero-order valence-electron chi connectivity index (χ0n) is 10.8. The lowest BCUT2D eigenvalue weighted by Gasteiger charge is -2.14. The van der Waals surface area contributed by atoms with Gasteiger partial charge in [-0.25, -0.2) is 4.98 Å². The van der Waals surface area contributed by atoms with Crippen molar-refractivity contribution in [3.8, 4) is 6.07 Å². The largest absolute Gasteiger partial charge is 0.353 e. The molecule has 0 bridgehead atoms. The third-order valence-corrected chi connectivity index (χ3v) is 2.90. The monoisotopic (exact) mass is 275 g/mol. The van der Waals surface area contributed by atoms with Gasteiger partial charge in [0.2, 0.25) is 11.7 Å². The van der Waals surface area contributed by atoms with Crippen molar-refractivity contribution < 1.29 is 9.72 Å². The van der Waals surface area contributed by atoms with Crippen molar-refractivity contribution in [2.75, 3.05) is 5.32 Å². The summed E-state index contributed by atoms with van der Waals surface area (Å²) in [5, 5.41) is 25.4. The van der Waals surface area contributed by atoms with Gasteiger partial charge in [0.15, 0.2) is 0 Å². The van der Waals surface area contributed by atoms with Gasteiger partial charge in [-0.2, -0.15) is 5.26 Å². The molecule has 0 aliphatic heterocycles. The summed E-state index contributed by atoms with van der Waals surface area (Å²) in [5.74, 6) is -0.321. The molecule has 8 heteroatoms. The molecule has 2 N–H and O–H groups in total. The Morgan fingerprint density at radius 3 is 2.90 bits per heavy atom. The van der Waals surface area contributed by atoms with Crippen LogP contribution in [0.3, 0.4) is 0 Å². The second-order valence-corrected chi connectivity index (χ2v) is 4.57. The maximum Gasteiger partial charge on any atom is 0.328 e. The molecule has 2 rings (SSSR count). The highest BCUT2D eigenvalue weighted by molar-refractivity contribution is 5.85. The number of rotatable bonds is 5. The Morgan fingerprint density at radius 1 is 1.65 bits per heavy atom. The molecule has 1 aliphatic rings. The molecule has 0 aromatic carbocycles. The zero-order chi connectivity index (χ0) is 14.7. The van der Waals surface area contributed by atoms with Crippen LogP contribution in [-0.2, 0) is 4.79 Å². The smallest absolute Gasteiger partial charge is 0.328 e. The lowest BCUT2D eigenvalue weighted by molar-refractivity contribution is -0.384. The van der Waals surface area contributed by atoms with Gasteiger partial charge in [0.05, 0.1) is 4.92 Å². The summed E-state index contributed by atoms with van der Waals surface area (Å²) >= 11 is 0. The van der Waals surface area contributed by atoms with Crippen molar-refractivity contribution in [2.24, 2.45) is 0 Å². The lowest BCUT2D eigenvalue weighted by atomic mass is 10.2. The van der Waals surface area contributed by atoms with E-state index in [1.54, 1.807) is 13.0 Å². The lowest BCUT2D eigenvalue weighted by Crippen LogP contribution is -2.39. The van der Waals surface area contributed by atoms with Crippen molar-refractivity contribution in [1.29, 1.82) is 5.26 Å². The van der Waals surface area contributed by atoms with E-state index < -0.39 is 16.7 Å². The van der Waals surface area contributed by atoms with Crippen molar-refractivity contribution in [3.63, 3.8) is 0 Å². The van der Waals surface area contributed by atoms with E-state index in [1.807, 2.05) is 0 Å². The van der Waals surface area contributed by atoms with Gasteiger partial charge in [-0.1, -0.05) is 0 Å². The van der Waals surface area contributed by atoms with Crippen LogP contribution in [0.25, 0.3) is 0 Å². The van der Waals surface area contributed by atoms with E-state index in [4.69, 9.17) is 5.26 Å². The summed E-state index contributed by atoms with van der Waals surface area (Å²) in [6.07, 6.45) is 3.21. The molecule has 1 amide bonds. The van der Waals surface area contributed by atoms with Crippen molar-refractivity contribution >= 4 is 17.4 Å². The highest BCUT2D eigenvalue weighted by atomic mass is 16.6. The molecule has 104 valence electrons. The Labute approximate surface area is 115 Å². The Hall–Kier alpha value is -2.69. The molecule has 1 fully saturated rings. The Morgan fingerprint density at radius 2 is 2.35 bits per heavy atom. The number of hydrogen-bond donors (Lipinski definition) is 2. The van der Waals surface area contributed by atoms with E-state index in [0.29, 0.717) is 0 Å². The summed E-state index contributed by atoms with van der Waals surface area (Å²) in [4.78, 5) is 26.0. The van der Waals surface area contributed by atoms with Gasteiger partial charge < -0.3 is 10.6 Å². The molecule has 1 unspecified atom stereocenters. The van der Waals surface area contributed by atoms with E-state index in [0.717, 1.165) is 12.8 Å². The molecular formula is C12H13N5O3. The number of nitro groups is 1. The number of carbonyl (C=O) groups is 1. The maximum absolute atomic E-state index is 11.8. The molecule has 1 aliphatic carbocycles. The fourth-order valence-electron chi connectivity index (χ4n) is 1.66. The van der Waals surface area contributed by atoms with Gasteiger partial charge in [-0.3, -0.25) is 14.9 Å². The molecule has 1 saturated carbocycles. The van der Waals surface area contributed by atoms with Gasteiger partial charge >= 0.3 is 5.69 Å². The third kappa shape index (κ3) is 3.00. The number of carbonyl (C=O) groups excluding carboxylic acids is 1. The topological polar surface area (TPSA) is 121 Å². The highest BCUT2D eigenvalue weighted by Crippen LogP contribution is 2.26. The van der Waals surface area contributed by atoms with Crippen LogP contribution in [0.5, 0.6) is 0 Å². The predicted molar refractivity (Wildman–Crippen MR) is 69.9 cm³/mol. The summed E-state index contributed by atoms with van der Waals surface area (Å²) in [6.45, 7) is 1.59. The van der Waals surface area contributed by atoms with Crippen LogP contribution < -0.4 is 10.6 Å². The molecule has 1 atom stereocenters. The minimum Gasteiger partial charge on any atom is -0.353 e. The van der Waals surface area contributed by atoms with Crippen molar-refractivity contribution in [2.45, 2.75) is 31.8 Å². The number of nitriles is 1. The summed E-state index contributed by atoms with van der Waals surface area (Å²) in [6, 6.07) is 2.54. The average molecular weight is 275 g/mol. The maximum atomic E-state index is 11.8. The van der Waals surface area contributed by atoms with Crippen molar-refractivity contribution in [3.05, 3.63) is 27.9 Å². The minimum atomic E-state index is -0.681. The fraction of sp³-hybridized carbons (Fsp3) is 0.417. The highest BCUT2D eigenvalue weighted by Gasteiger charge is 2.28. The summed E-state index contributed by atoms with van der Waals surface area (Å²) < 4.78 is 0. The Kier molecular flexibility index (Phi) is 3.79. The van der Waals surface area contributed by atoms with Crippen molar-refractivity contribution in [1.82, 2.24) is 10.3 Å².